The van der Waals surface area contributed by atoms with Crippen molar-refractivity contribution in [3.8, 4) is 0 Å². The molecule has 2 atom stereocenters. The van der Waals surface area contributed by atoms with Crippen molar-refractivity contribution in [2.75, 3.05) is 32.7 Å². The van der Waals surface area contributed by atoms with E-state index < -0.39 is 10.0 Å². The van der Waals surface area contributed by atoms with Crippen LogP contribution in [0.15, 0.2) is 29.2 Å². The number of hydrogen-bond donors (Lipinski definition) is 2. The van der Waals surface area contributed by atoms with Gasteiger partial charge in [-0.05, 0) is 43.9 Å². The number of likely N-dealkylation sites (tertiary alicyclic amines) is 1. The lowest BCUT2D eigenvalue weighted by Crippen LogP contribution is -2.49. The number of piperazine rings is 1. The minimum Gasteiger partial charge on any atom is -0.354 e. The molecule has 0 aliphatic carbocycles. The molecule has 10 heteroatoms. The lowest BCUT2D eigenvalue weighted by molar-refractivity contribution is -0.122. The van der Waals surface area contributed by atoms with Crippen LogP contribution in [0.5, 0.6) is 0 Å². The molecule has 156 valence electrons. The molecule has 2 aliphatic heterocycles. The van der Waals surface area contributed by atoms with E-state index in [4.69, 9.17) is 5.73 Å². The summed E-state index contributed by atoms with van der Waals surface area (Å²) in [4.78, 5) is 26.2. The van der Waals surface area contributed by atoms with Crippen molar-refractivity contribution in [3.05, 3.63) is 29.8 Å². The summed E-state index contributed by atoms with van der Waals surface area (Å²) in [6.07, 6.45) is 1.88. The van der Waals surface area contributed by atoms with Crippen molar-refractivity contribution < 1.29 is 18.0 Å². The molecule has 0 spiro atoms. The minimum absolute atomic E-state index is 0. The molecule has 1 aromatic carbocycles. The first kappa shape index (κ1) is 22.6. The highest BCUT2D eigenvalue weighted by Crippen LogP contribution is 2.23. The van der Waals surface area contributed by atoms with Crippen molar-refractivity contribution in [3.63, 3.8) is 0 Å². The van der Waals surface area contributed by atoms with Crippen molar-refractivity contribution in [1.29, 1.82) is 0 Å². The lowest BCUT2D eigenvalue weighted by atomic mass is 9.92. The average Bonchev–Trinajstić information content (AvgIpc) is 2.67. The Bertz CT molecular complexity index is 831. The monoisotopic (exact) mass is 430 g/mol. The second kappa shape index (κ2) is 9.21. The number of benzene rings is 1. The first-order valence-electron chi connectivity index (χ1n) is 9.21. The summed E-state index contributed by atoms with van der Waals surface area (Å²) in [5.74, 6) is -0.261. The van der Waals surface area contributed by atoms with E-state index in [1.807, 2.05) is 6.92 Å². The third kappa shape index (κ3) is 4.83. The minimum atomic E-state index is -3.82. The summed E-state index contributed by atoms with van der Waals surface area (Å²) in [5, 5.41) is 2.61. The van der Waals surface area contributed by atoms with E-state index in [2.05, 4.69) is 5.32 Å². The molecule has 2 unspecified atom stereocenters. The predicted octanol–water partition coefficient (Wildman–Crippen LogP) is 0.428. The highest BCUT2D eigenvalue weighted by atomic mass is 35.5. The maximum Gasteiger partial charge on any atom is 0.253 e. The fraction of sp³-hybridized carbons (Fsp3) is 0.556. The summed E-state index contributed by atoms with van der Waals surface area (Å²) >= 11 is 0. The van der Waals surface area contributed by atoms with E-state index in [9.17, 15) is 18.0 Å². The van der Waals surface area contributed by atoms with E-state index in [0.29, 0.717) is 18.7 Å². The number of carbonyl (C=O) groups excluding carboxylic acids is 2. The van der Waals surface area contributed by atoms with Crippen molar-refractivity contribution in [2.24, 2.45) is 11.7 Å². The molecule has 0 radical (unpaired) electrons. The maximum atomic E-state index is 12.9. The van der Waals surface area contributed by atoms with Crippen LogP contribution in [0.3, 0.4) is 0 Å². The molecule has 0 aromatic heterocycles. The molecular formula is C18H27ClN4O4S. The zero-order valence-electron chi connectivity index (χ0n) is 15.8. The van der Waals surface area contributed by atoms with E-state index in [1.165, 1.54) is 12.1 Å². The van der Waals surface area contributed by atoms with Gasteiger partial charge in [0.05, 0.1) is 11.4 Å². The summed E-state index contributed by atoms with van der Waals surface area (Å²) in [5.41, 5.74) is 6.32. The highest BCUT2D eigenvalue weighted by molar-refractivity contribution is 7.89. The van der Waals surface area contributed by atoms with E-state index >= 15 is 0 Å². The number of hydrogen-bond acceptors (Lipinski definition) is 5. The molecule has 28 heavy (non-hydrogen) atoms. The molecule has 2 heterocycles. The quantitative estimate of drug-likeness (QED) is 0.719. The number of nitrogens with one attached hydrogen (secondary N) is 1. The Labute approximate surface area is 171 Å². The second-order valence-electron chi connectivity index (χ2n) is 7.23. The second-order valence-corrected chi connectivity index (χ2v) is 9.17. The fourth-order valence-corrected chi connectivity index (χ4v) is 5.01. The van der Waals surface area contributed by atoms with Crippen LogP contribution in [0.4, 0.5) is 0 Å². The van der Waals surface area contributed by atoms with Crippen molar-refractivity contribution >= 4 is 34.2 Å². The summed E-state index contributed by atoms with van der Waals surface area (Å²) in [6, 6.07) is 6.06. The van der Waals surface area contributed by atoms with Gasteiger partial charge in [-0.2, -0.15) is 4.31 Å². The average molecular weight is 431 g/mol. The van der Waals surface area contributed by atoms with Gasteiger partial charge in [0.1, 0.15) is 0 Å². The van der Waals surface area contributed by atoms with Gasteiger partial charge >= 0.3 is 0 Å². The van der Waals surface area contributed by atoms with Gasteiger partial charge in [-0.1, -0.05) is 6.07 Å². The summed E-state index contributed by atoms with van der Waals surface area (Å²) in [7, 11) is -3.82. The third-order valence-electron chi connectivity index (χ3n) is 5.21. The molecular weight excluding hydrogens is 404 g/mol. The highest BCUT2D eigenvalue weighted by Gasteiger charge is 2.31. The molecule has 2 amide bonds. The molecule has 2 fully saturated rings. The van der Waals surface area contributed by atoms with Gasteiger partial charge in [0.2, 0.25) is 15.9 Å². The molecule has 3 rings (SSSR count). The van der Waals surface area contributed by atoms with Gasteiger partial charge in [-0.3, -0.25) is 9.59 Å². The van der Waals surface area contributed by atoms with Crippen LogP contribution in [0.2, 0.25) is 0 Å². The van der Waals surface area contributed by atoms with Crippen LogP contribution in [-0.2, 0) is 14.8 Å². The first-order chi connectivity index (χ1) is 12.8. The third-order valence-corrected chi connectivity index (χ3v) is 7.05. The van der Waals surface area contributed by atoms with Gasteiger partial charge in [-0.25, -0.2) is 8.42 Å². The SMILES string of the molecule is CC(N)C1CCCN(C(=O)c2cccc(S(=O)(=O)N3CCNC(=O)C3)c2)C1.Cl. The zero-order valence-corrected chi connectivity index (χ0v) is 17.5. The first-order valence-corrected chi connectivity index (χ1v) is 10.6. The van der Waals surface area contributed by atoms with Crippen molar-refractivity contribution in [1.82, 2.24) is 14.5 Å². The van der Waals surface area contributed by atoms with Crippen LogP contribution < -0.4 is 11.1 Å². The number of carbonyl (C=O) groups is 2. The normalized spacial score (nSPS) is 22.1. The Morgan fingerprint density at radius 2 is 2.07 bits per heavy atom. The van der Waals surface area contributed by atoms with E-state index in [-0.39, 0.29) is 60.7 Å². The number of piperidine rings is 1. The number of amides is 2. The zero-order chi connectivity index (χ0) is 19.6. The maximum absolute atomic E-state index is 12.9. The van der Waals surface area contributed by atoms with Gasteiger partial charge in [0.15, 0.2) is 0 Å². The predicted molar refractivity (Wildman–Crippen MR) is 108 cm³/mol. The molecule has 2 aliphatic rings. The van der Waals surface area contributed by atoms with Crippen LogP contribution in [-0.4, -0.2) is 68.2 Å². The Morgan fingerprint density at radius 1 is 1.32 bits per heavy atom. The Morgan fingerprint density at radius 3 is 2.75 bits per heavy atom. The molecule has 0 bridgehead atoms. The number of nitrogens with zero attached hydrogens (tertiary/aromatic N) is 2. The van der Waals surface area contributed by atoms with Gasteiger partial charge in [0.25, 0.3) is 5.91 Å². The van der Waals surface area contributed by atoms with E-state index in [0.717, 1.165) is 17.1 Å². The number of halogens is 1. The fourth-order valence-electron chi connectivity index (χ4n) is 3.57. The van der Waals surface area contributed by atoms with Crippen LogP contribution in [0.1, 0.15) is 30.1 Å². The molecule has 1 aromatic rings. The van der Waals surface area contributed by atoms with Crippen LogP contribution in [0.25, 0.3) is 0 Å². The van der Waals surface area contributed by atoms with Gasteiger partial charge in [0, 0.05) is 37.8 Å². The smallest absolute Gasteiger partial charge is 0.253 e. The number of rotatable bonds is 4. The van der Waals surface area contributed by atoms with Gasteiger partial charge in [-0.15, -0.1) is 12.4 Å². The standard InChI is InChI=1S/C18H26N4O4S.ClH/c1-13(19)15-5-3-8-21(11-15)18(24)14-4-2-6-16(10-14)27(25,26)22-9-7-20-17(23)12-22;/h2,4,6,10,13,15H,3,5,7-9,11-12,19H2,1H3,(H,20,23);1H. The van der Waals surface area contributed by atoms with Crippen molar-refractivity contribution in [2.45, 2.75) is 30.7 Å². The number of sulfonamides is 1. The van der Waals surface area contributed by atoms with E-state index in [1.54, 1.807) is 17.0 Å². The Hall–Kier alpha value is -1.68. The van der Waals surface area contributed by atoms with Crippen LogP contribution in [0, 0.1) is 5.92 Å². The molecule has 3 N–H and O–H groups in total. The summed E-state index contributed by atoms with van der Waals surface area (Å²) in [6.45, 7) is 3.46. The molecule has 8 nitrogen and oxygen atoms in total. The van der Waals surface area contributed by atoms with Crippen LogP contribution >= 0.6 is 12.4 Å². The Kier molecular flexibility index (Phi) is 7.44. The molecule has 2 saturated heterocycles. The topological polar surface area (TPSA) is 113 Å². The Balaban J connectivity index is 0.00000280. The molecule has 0 saturated carbocycles. The van der Waals surface area contributed by atoms with Gasteiger partial charge < -0.3 is 16.0 Å². The largest absolute Gasteiger partial charge is 0.354 e. The number of nitrogens with two attached hydrogens (primary N) is 1. The summed E-state index contributed by atoms with van der Waals surface area (Å²) < 4.78 is 26.8. The lowest BCUT2D eigenvalue weighted by Gasteiger charge is -2.34.